The Bertz CT molecular complexity index is 636. The largest absolute Gasteiger partial charge is 0.463 e. The highest BCUT2D eigenvalue weighted by Crippen LogP contribution is 2.13. The van der Waals surface area contributed by atoms with Gasteiger partial charge in [0.2, 0.25) is 5.88 Å². The van der Waals surface area contributed by atoms with Crippen LogP contribution in [0, 0.1) is 0 Å². The van der Waals surface area contributed by atoms with Crippen LogP contribution < -0.4 is 10.1 Å². The van der Waals surface area contributed by atoms with Gasteiger partial charge >= 0.3 is 0 Å². The number of nitrogens with zero attached hydrogens (tertiary/aromatic N) is 2. The molecule has 1 amide bonds. The van der Waals surface area contributed by atoms with Crippen LogP contribution in [0.2, 0.25) is 0 Å². The highest BCUT2D eigenvalue weighted by molar-refractivity contribution is 5.80. The molecule has 0 bridgehead atoms. The number of carbonyl (C=O) groups is 1. The number of nitrogens with one attached hydrogen (secondary N) is 1. The zero-order chi connectivity index (χ0) is 16.1. The maximum atomic E-state index is 12.1. The predicted octanol–water partition coefficient (Wildman–Crippen LogP) is 1.93. The number of amides is 1. The van der Waals surface area contributed by atoms with Gasteiger partial charge in [0.05, 0.1) is 11.8 Å². The monoisotopic (exact) mass is 315 g/mol. The first kappa shape index (κ1) is 15.6. The van der Waals surface area contributed by atoms with Crippen molar-refractivity contribution in [3.8, 4) is 11.6 Å². The minimum Gasteiger partial charge on any atom is -0.463 e. The van der Waals surface area contributed by atoms with Crippen molar-refractivity contribution >= 4 is 5.91 Å². The van der Waals surface area contributed by atoms with Gasteiger partial charge in [-0.1, -0.05) is 18.2 Å². The summed E-state index contributed by atoms with van der Waals surface area (Å²) in [7, 11) is 0. The second-order valence-electron chi connectivity index (χ2n) is 5.57. The molecule has 1 aromatic carbocycles. The molecule has 23 heavy (non-hydrogen) atoms. The first-order valence-corrected chi connectivity index (χ1v) is 7.89. The van der Waals surface area contributed by atoms with Gasteiger partial charge in [0, 0.05) is 25.4 Å². The van der Waals surface area contributed by atoms with Crippen LogP contribution >= 0.6 is 0 Å². The number of hydrogen-bond acceptors (Lipinski definition) is 4. The molecule has 1 aliphatic rings. The molecule has 3 rings (SSSR count). The molecule has 6 nitrogen and oxygen atoms in total. The van der Waals surface area contributed by atoms with Gasteiger partial charge < -0.3 is 14.8 Å². The summed E-state index contributed by atoms with van der Waals surface area (Å²) < 4.78 is 12.8. The molecule has 1 fully saturated rings. The fraction of sp³-hybridized carbons (Fsp3) is 0.412. The zero-order valence-electron chi connectivity index (χ0n) is 13.1. The number of carbonyl (C=O) groups excluding carboxylic acids is 1. The van der Waals surface area contributed by atoms with E-state index in [-0.39, 0.29) is 12.0 Å². The fourth-order valence-electron chi connectivity index (χ4n) is 2.49. The van der Waals surface area contributed by atoms with E-state index < -0.39 is 6.10 Å². The maximum Gasteiger partial charge on any atom is 0.260 e. The van der Waals surface area contributed by atoms with Crippen LogP contribution in [0.25, 0.3) is 5.69 Å². The van der Waals surface area contributed by atoms with Crippen LogP contribution in [-0.2, 0) is 9.53 Å². The summed E-state index contributed by atoms with van der Waals surface area (Å²) >= 11 is 0. The second kappa shape index (κ2) is 7.28. The Morgan fingerprint density at radius 1 is 1.43 bits per heavy atom. The minimum absolute atomic E-state index is 0.128. The van der Waals surface area contributed by atoms with Crippen LogP contribution in [0.4, 0.5) is 0 Å². The number of benzene rings is 1. The van der Waals surface area contributed by atoms with Gasteiger partial charge in [0.25, 0.3) is 5.91 Å². The molecular formula is C17H21N3O3. The quantitative estimate of drug-likeness (QED) is 0.885. The zero-order valence-corrected chi connectivity index (χ0v) is 13.1. The van der Waals surface area contributed by atoms with Crippen molar-refractivity contribution in [2.24, 2.45) is 0 Å². The van der Waals surface area contributed by atoms with Crippen LogP contribution in [0.3, 0.4) is 0 Å². The molecule has 122 valence electrons. The van der Waals surface area contributed by atoms with Crippen molar-refractivity contribution in [1.82, 2.24) is 15.1 Å². The average Bonchev–Trinajstić information content (AvgIpc) is 3.25. The summed E-state index contributed by atoms with van der Waals surface area (Å²) in [6.07, 6.45) is 3.39. The average molecular weight is 315 g/mol. The molecule has 0 unspecified atom stereocenters. The van der Waals surface area contributed by atoms with Crippen molar-refractivity contribution in [3.05, 3.63) is 42.6 Å². The van der Waals surface area contributed by atoms with E-state index >= 15 is 0 Å². The fourth-order valence-corrected chi connectivity index (χ4v) is 2.49. The van der Waals surface area contributed by atoms with Gasteiger partial charge in [-0.3, -0.25) is 4.79 Å². The molecule has 2 heterocycles. The number of para-hydroxylation sites is 1. The third kappa shape index (κ3) is 4.10. The van der Waals surface area contributed by atoms with Gasteiger partial charge in [-0.15, -0.1) is 5.10 Å². The third-order valence-corrected chi connectivity index (χ3v) is 3.78. The first-order valence-electron chi connectivity index (χ1n) is 7.89. The summed E-state index contributed by atoms with van der Waals surface area (Å²) in [6.45, 7) is 3.03. The van der Waals surface area contributed by atoms with Gasteiger partial charge in [0.1, 0.15) is 0 Å². The lowest BCUT2D eigenvalue weighted by molar-refractivity contribution is -0.127. The third-order valence-electron chi connectivity index (χ3n) is 3.78. The van der Waals surface area contributed by atoms with Crippen molar-refractivity contribution in [1.29, 1.82) is 0 Å². The highest BCUT2D eigenvalue weighted by atomic mass is 16.5. The first-order chi connectivity index (χ1) is 11.2. The van der Waals surface area contributed by atoms with Crippen molar-refractivity contribution < 1.29 is 14.3 Å². The Morgan fingerprint density at radius 3 is 3.00 bits per heavy atom. The van der Waals surface area contributed by atoms with Crippen LogP contribution in [0.5, 0.6) is 5.88 Å². The summed E-state index contributed by atoms with van der Waals surface area (Å²) in [5.41, 5.74) is 0.942. The van der Waals surface area contributed by atoms with E-state index in [2.05, 4.69) is 10.4 Å². The Kier molecular flexibility index (Phi) is 4.92. The van der Waals surface area contributed by atoms with Gasteiger partial charge in [-0.05, 0) is 31.9 Å². The van der Waals surface area contributed by atoms with E-state index in [1.165, 1.54) is 0 Å². The summed E-state index contributed by atoms with van der Waals surface area (Å²) in [4.78, 5) is 12.1. The molecule has 2 atom stereocenters. The lowest BCUT2D eigenvalue weighted by Crippen LogP contribution is -2.40. The molecular weight excluding hydrogens is 294 g/mol. The van der Waals surface area contributed by atoms with E-state index in [4.69, 9.17) is 9.47 Å². The topological polar surface area (TPSA) is 65.4 Å². The lowest BCUT2D eigenvalue weighted by Gasteiger charge is -2.15. The Labute approximate surface area is 135 Å². The van der Waals surface area contributed by atoms with Gasteiger partial charge in [0.15, 0.2) is 6.10 Å². The molecule has 1 saturated heterocycles. The van der Waals surface area contributed by atoms with E-state index in [0.717, 1.165) is 25.1 Å². The summed E-state index contributed by atoms with van der Waals surface area (Å²) in [6, 6.07) is 11.5. The molecule has 0 spiro atoms. The van der Waals surface area contributed by atoms with Crippen molar-refractivity contribution in [3.63, 3.8) is 0 Å². The van der Waals surface area contributed by atoms with E-state index in [1.54, 1.807) is 17.7 Å². The SMILES string of the molecule is C[C@@H](Oc1ccn(-c2ccccc2)n1)C(=O)NC[C@H]1CCCO1. The number of aromatic nitrogens is 2. The number of rotatable bonds is 6. The van der Waals surface area contributed by atoms with E-state index in [0.29, 0.717) is 12.4 Å². The number of ether oxygens (including phenoxy) is 2. The molecule has 2 aromatic rings. The van der Waals surface area contributed by atoms with Gasteiger partial charge in [-0.2, -0.15) is 0 Å². The molecule has 1 aromatic heterocycles. The molecule has 1 aliphatic heterocycles. The molecule has 0 radical (unpaired) electrons. The Balaban J connectivity index is 1.52. The summed E-state index contributed by atoms with van der Waals surface area (Å²) in [5.74, 6) is 0.267. The van der Waals surface area contributed by atoms with Crippen LogP contribution in [0.15, 0.2) is 42.6 Å². The number of hydrogen-bond donors (Lipinski definition) is 1. The minimum atomic E-state index is -0.601. The Hall–Kier alpha value is -2.34. The Morgan fingerprint density at radius 2 is 2.26 bits per heavy atom. The molecule has 0 saturated carbocycles. The maximum absolute atomic E-state index is 12.1. The van der Waals surface area contributed by atoms with Crippen molar-refractivity contribution in [2.75, 3.05) is 13.2 Å². The predicted molar refractivity (Wildman–Crippen MR) is 85.6 cm³/mol. The lowest BCUT2D eigenvalue weighted by atomic mass is 10.2. The second-order valence-corrected chi connectivity index (χ2v) is 5.57. The van der Waals surface area contributed by atoms with Crippen LogP contribution in [-0.4, -0.2) is 41.0 Å². The van der Waals surface area contributed by atoms with Crippen LogP contribution in [0.1, 0.15) is 19.8 Å². The molecule has 0 aliphatic carbocycles. The highest BCUT2D eigenvalue weighted by Gasteiger charge is 2.20. The van der Waals surface area contributed by atoms with Gasteiger partial charge in [-0.25, -0.2) is 4.68 Å². The normalized spacial score (nSPS) is 18.6. The molecule has 6 heteroatoms. The standard InChI is InChI=1S/C17H21N3O3/c1-13(17(21)18-12-15-8-5-11-22-15)23-16-9-10-20(19-16)14-6-3-2-4-7-14/h2-4,6-7,9-10,13,15H,5,8,11-12H2,1H3,(H,18,21)/t13-,15-/m1/s1. The molecule has 1 N–H and O–H groups in total. The van der Waals surface area contributed by atoms with E-state index in [9.17, 15) is 4.79 Å². The van der Waals surface area contributed by atoms with E-state index in [1.807, 2.05) is 36.5 Å². The smallest absolute Gasteiger partial charge is 0.260 e. The summed E-state index contributed by atoms with van der Waals surface area (Å²) in [5, 5.41) is 7.19. The van der Waals surface area contributed by atoms with Crippen molar-refractivity contribution in [2.45, 2.75) is 32.0 Å².